The molecule has 1 aliphatic rings. The van der Waals surface area contributed by atoms with Gasteiger partial charge in [-0.15, -0.1) is 0 Å². The molecule has 4 rings (SSSR count). The molecule has 0 aliphatic carbocycles. The summed E-state index contributed by atoms with van der Waals surface area (Å²) in [6, 6.07) is 19.6. The van der Waals surface area contributed by atoms with Crippen LogP contribution in [0.4, 0.5) is 0 Å². The number of H-pyrrole nitrogens is 1. The van der Waals surface area contributed by atoms with Crippen LogP contribution in [0.5, 0.6) is 0 Å². The highest BCUT2D eigenvalue weighted by atomic mass is 16.5. The van der Waals surface area contributed by atoms with Gasteiger partial charge in [0.05, 0.1) is 0 Å². The topological polar surface area (TPSA) is 57.6 Å². The van der Waals surface area contributed by atoms with Crippen LogP contribution < -0.4 is 0 Å². The second-order valence-corrected chi connectivity index (χ2v) is 5.44. The third kappa shape index (κ3) is 2.27. The largest absolute Gasteiger partial charge is 0.474 e. The number of hydrogen-bond donors (Lipinski definition) is 2. The number of fused-ring (bicyclic) bond motifs is 1. The lowest BCUT2D eigenvalue weighted by molar-refractivity contribution is 0.0650. The van der Waals surface area contributed by atoms with Gasteiger partial charge in [-0.25, -0.2) is 4.99 Å². The minimum Gasteiger partial charge on any atom is -0.474 e. The quantitative estimate of drug-likeness (QED) is 0.762. The van der Waals surface area contributed by atoms with Crippen molar-refractivity contribution < 1.29 is 9.84 Å². The zero-order chi connectivity index (χ0) is 14.9. The van der Waals surface area contributed by atoms with Crippen molar-refractivity contribution in [2.75, 3.05) is 6.61 Å². The maximum Gasteiger partial charge on any atom is 0.233 e. The summed E-state index contributed by atoms with van der Waals surface area (Å²) in [6.07, 6.45) is -0.629. The number of nitrogens with one attached hydrogen (secondary N) is 1. The van der Waals surface area contributed by atoms with Crippen LogP contribution in [0.15, 0.2) is 65.7 Å². The van der Waals surface area contributed by atoms with Crippen LogP contribution in [0.3, 0.4) is 0 Å². The number of hydrogen-bond acceptors (Lipinski definition) is 3. The Morgan fingerprint density at radius 1 is 1.05 bits per heavy atom. The molecule has 3 aromatic rings. The number of aromatic nitrogens is 1. The first-order valence-electron chi connectivity index (χ1n) is 7.33. The molecule has 2 heterocycles. The zero-order valence-electron chi connectivity index (χ0n) is 11.9. The van der Waals surface area contributed by atoms with E-state index in [1.165, 1.54) is 0 Å². The highest BCUT2D eigenvalue weighted by Gasteiger charge is 2.28. The Morgan fingerprint density at radius 2 is 1.82 bits per heavy atom. The number of aliphatic hydroxyl groups excluding tert-OH is 1. The molecule has 1 aromatic heterocycles. The molecule has 2 atom stereocenters. The van der Waals surface area contributed by atoms with Gasteiger partial charge >= 0.3 is 0 Å². The normalized spacial score (nSPS) is 21.4. The fraction of sp³-hybridized carbons (Fsp3) is 0.167. The van der Waals surface area contributed by atoms with Gasteiger partial charge < -0.3 is 14.8 Å². The van der Waals surface area contributed by atoms with Crippen LogP contribution in [0, 0.1) is 0 Å². The number of aliphatic imine (C=N–C) groups is 1. The van der Waals surface area contributed by atoms with Gasteiger partial charge in [0.1, 0.15) is 24.4 Å². The Labute approximate surface area is 128 Å². The molecule has 0 bridgehead atoms. The molecule has 1 aliphatic heterocycles. The van der Waals surface area contributed by atoms with E-state index in [0.29, 0.717) is 5.90 Å². The van der Waals surface area contributed by atoms with Crippen molar-refractivity contribution in [3.8, 4) is 0 Å². The minimum atomic E-state index is -0.629. The van der Waals surface area contributed by atoms with Crippen LogP contribution in [0.25, 0.3) is 10.9 Å². The molecule has 4 heteroatoms. The van der Waals surface area contributed by atoms with Gasteiger partial charge in [-0.1, -0.05) is 48.5 Å². The Bertz CT molecular complexity index is 790. The van der Waals surface area contributed by atoms with Gasteiger partial charge in [-0.05, 0) is 17.7 Å². The van der Waals surface area contributed by atoms with Crippen molar-refractivity contribution in [3.05, 3.63) is 71.9 Å². The van der Waals surface area contributed by atoms with Gasteiger partial charge in [0.2, 0.25) is 5.90 Å². The molecule has 0 saturated carbocycles. The smallest absolute Gasteiger partial charge is 0.233 e. The molecule has 0 saturated heterocycles. The molecule has 2 N–H and O–H groups in total. The fourth-order valence-corrected chi connectivity index (χ4v) is 2.79. The molecule has 0 radical (unpaired) electrons. The van der Waals surface area contributed by atoms with Gasteiger partial charge in [0, 0.05) is 10.9 Å². The summed E-state index contributed by atoms with van der Waals surface area (Å²) in [5.74, 6) is 0.551. The summed E-state index contributed by atoms with van der Waals surface area (Å²) in [5, 5.41) is 11.3. The Morgan fingerprint density at radius 3 is 2.64 bits per heavy atom. The van der Waals surface area contributed by atoms with Crippen molar-refractivity contribution in [1.82, 2.24) is 4.98 Å². The summed E-state index contributed by atoms with van der Waals surface area (Å²) < 4.78 is 5.63. The Kier molecular flexibility index (Phi) is 3.16. The van der Waals surface area contributed by atoms with Crippen molar-refractivity contribution in [1.29, 1.82) is 0 Å². The van der Waals surface area contributed by atoms with Gasteiger partial charge in [-0.2, -0.15) is 0 Å². The summed E-state index contributed by atoms with van der Waals surface area (Å²) in [5.41, 5.74) is 2.88. The average Bonchev–Trinajstić information content (AvgIpc) is 3.00. The van der Waals surface area contributed by atoms with Crippen LogP contribution in [-0.2, 0) is 4.74 Å². The molecule has 4 nitrogen and oxygen atoms in total. The molecule has 0 fully saturated rings. The molecule has 2 unspecified atom stereocenters. The molecular formula is C18H16N2O2. The van der Waals surface area contributed by atoms with Crippen LogP contribution in [-0.4, -0.2) is 28.7 Å². The van der Waals surface area contributed by atoms with Gasteiger partial charge in [-0.3, -0.25) is 0 Å². The summed E-state index contributed by atoms with van der Waals surface area (Å²) in [7, 11) is 0. The average molecular weight is 292 g/mol. The molecule has 0 spiro atoms. The van der Waals surface area contributed by atoms with Crippen LogP contribution >= 0.6 is 0 Å². The lowest BCUT2D eigenvalue weighted by atomic mass is 10.0. The van der Waals surface area contributed by atoms with E-state index in [-0.39, 0.29) is 12.6 Å². The second-order valence-electron chi connectivity index (χ2n) is 5.44. The van der Waals surface area contributed by atoms with E-state index in [2.05, 4.69) is 9.98 Å². The highest BCUT2D eigenvalue weighted by molar-refractivity contribution is 5.98. The Balaban J connectivity index is 1.74. The predicted octanol–water partition coefficient (Wildman–Crippen LogP) is 3.05. The first kappa shape index (κ1) is 13.1. The summed E-state index contributed by atoms with van der Waals surface area (Å²) >= 11 is 0. The monoisotopic (exact) mass is 292 g/mol. The number of aromatic amines is 1. The van der Waals surface area contributed by atoms with Crippen molar-refractivity contribution in [3.63, 3.8) is 0 Å². The fourth-order valence-electron chi connectivity index (χ4n) is 2.79. The van der Waals surface area contributed by atoms with Crippen molar-refractivity contribution in [2.24, 2.45) is 4.99 Å². The van der Waals surface area contributed by atoms with Crippen molar-refractivity contribution in [2.45, 2.75) is 12.1 Å². The standard InChI is InChI=1S/C18H16N2O2/c21-16-11-22-18(20-17(16)12-6-2-1-3-7-12)15-10-13-8-4-5-9-14(13)19-15/h1-10,16-17,19,21H,11H2. The van der Waals surface area contributed by atoms with Crippen LogP contribution in [0.2, 0.25) is 0 Å². The van der Waals surface area contributed by atoms with E-state index in [4.69, 9.17) is 4.74 Å². The molecule has 110 valence electrons. The van der Waals surface area contributed by atoms with E-state index in [9.17, 15) is 5.11 Å². The molecular weight excluding hydrogens is 276 g/mol. The minimum absolute atomic E-state index is 0.244. The maximum absolute atomic E-state index is 10.2. The Hall–Kier alpha value is -2.59. The maximum atomic E-state index is 10.2. The third-order valence-electron chi connectivity index (χ3n) is 3.91. The van der Waals surface area contributed by atoms with Crippen molar-refractivity contribution >= 4 is 16.8 Å². The second kappa shape index (κ2) is 5.31. The number of ether oxygens (including phenoxy) is 1. The van der Waals surface area contributed by atoms with E-state index < -0.39 is 6.10 Å². The molecule has 0 amide bonds. The van der Waals surface area contributed by atoms with Gasteiger partial charge in [0.15, 0.2) is 0 Å². The third-order valence-corrected chi connectivity index (χ3v) is 3.91. The first-order valence-corrected chi connectivity index (χ1v) is 7.33. The number of nitrogens with zero attached hydrogens (tertiary/aromatic N) is 1. The predicted molar refractivity (Wildman–Crippen MR) is 86.0 cm³/mol. The summed E-state index contributed by atoms with van der Waals surface area (Å²) in [4.78, 5) is 7.93. The van der Waals surface area contributed by atoms with E-state index in [1.54, 1.807) is 0 Å². The van der Waals surface area contributed by atoms with E-state index in [0.717, 1.165) is 22.2 Å². The number of aliphatic hydroxyl groups is 1. The lowest BCUT2D eigenvalue weighted by Crippen LogP contribution is -2.31. The number of benzene rings is 2. The summed E-state index contributed by atoms with van der Waals surface area (Å²) in [6.45, 7) is 0.244. The molecule has 22 heavy (non-hydrogen) atoms. The zero-order valence-corrected chi connectivity index (χ0v) is 11.9. The number of para-hydroxylation sites is 1. The molecule has 2 aromatic carbocycles. The van der Waals surface area contributed by atoms with Crippen LogP contribution in [0.1, 0.15) is 17.3 Å². The van der Waals surface area contributed by atoms with Gasteiger partial charge in [0.25, 0.3) is 0 Å². The SMILES string of the molecule is OC1COC(c2cc3ccccc3[nH]2)=NC1c1ccccc1. The highest BCUT2D eigenvalue weighted by Crippen LogP contribution is 2.27. The first-order chi connectivity index (χ1) is 10.8. The van der Waals surface area contributed by atoms with E-state index >= 15 is 0 Å². The van der Waals surface area contributed by atoms with E-state index in [1.807, 2.05) is 60.7 Å². The lowest BCUT2D eigenvalue weighted by Gasteiger charge is -2.26. The number of rotatable bonds is 2.